The maximum atomic E-state index is 11.2. The summed E-state index contributed by atoms with van der Waals surface area (Å²) in [6.45, 7) is 10.5. The number of pyridine rings is 1. The number of aromatic carboxylic acids is 1. The Balaban J connectivity index is 3.07. The third-order valence-corrected chi connectivity index (χ3v) is 3.09. The third kappa shape index (κ3) is 4.49. The van der Waals surface area contributed by atoms with Gasteiger partial charge in [0.2, 0.25) is 0 Å². The molecule has 0 radical (unpaired) electrons. The lowest BCUT2D eigenvalue weighted by Crippen LogP contribution is -2.32. The average molecular weight is 280 g/mol. The number of hydrogen-bond acceptors (Lipinski definition) is 4. The maximum absolute atomic E-state index is 11.2. The zero-order valence-electron chi connectivity index (χ0n) is 13.1. The van der Waals surface area contributed by atoms with Gasteiger partial charge in [0.05, 0.1) is 11.2 Å². The van der Waals surface area contributed by atoms with Crippen LogP contribution in [0.5, 0.6) is 0 Å². The summed E-state index contributed by atoms with van der Waals surface area (Å²) in [7, 11) is 1.64. The Morgan fingerprint density at radius 1 is 1.30 bits per heavy atom. The Kier molecular flexibility index (Phi) is 4.76. The molecule has 1 aromatic heterocycles. The van der Waals surface area contributed by atoms with Gasteiger partial charge in [-0.25, -0.2) is 9.78 Å². The van der Waals surface area contributed by atoms with Gasteiger partial charge in [0.25, 0.3) is 0 Å². The van der Waals surface area contributed by atoms with Crippen molar-refractivity contribution in [2.24, 2.45) is 0 Å². The first kappa shape index (κ1) is 16.4. The van der Waals surface area contributed by atoms with E-state index in [4.69, 9.17) is 4.74 Å². The van der Waals surface area contributed by atoms with Crippen LogP contribution in [0, 0.1) is 0 Å². The smallest absolute Gasteiger partial charge is 0.335 e. The summed E-state index contributed by atoms with van der Waals surface area (Å²) >= 11 is 0. The summed E-state index contributed by atoms with van der Waals surface area (Å²) in [5, 5.41) is 12.3. The molecule has 0 saturated carbocycles. The number of nitrogens with zero attached hydrogens (tertiary/aromatic N) is 1. The Bertz CT molecular complexity index is 490. The van der Waals surface area contributed by atoms with Gasteiger partial charge in [0.15, 0.2) is 0 Å². The second kappa shape index (κ2) is 5.79. The predicted octanol–water partition coefficient (Wildman–Crippen LogP) is 2.91. The number of carboxylic acids is 1. The largest absolute Gasteiger partial charge is 0.478 e. The van der Waals surface area contributed by atoms with E-state index in [1.165, 1.54) is 0 Å². The molecule has 0 fully saturated rings. The Morgan fingerprint density at radius 3 is 2.35 bits per heavy atom. The number of carbonyl (C=O) groups is 1. The second-order valence-corrected chi connectivity index (χ2v) is 6.50. The Hall–Kier alpha value is -1.62. The van der Waals surface area contributed by atoms with E-state index in [1.54, 1.807) is 19.2 Å². The van der Waals surface area contributed by atoms with Gasteiger partial charge in [0, 0.05) is 24.8 Å². The van der Waals surface area contributed by atoms with Crippen LogP contribution in [0.2, 0.25) is 0 Å². The van der Waals surface area contributed by atoms with E-state index < -0.39 is 5.97 Å². The van der Waals surface area contributed by atoms with Crippen LogP contribution < -0.4 is 5.32 Å². The summed E-state index contributed by atoms with van der Waals surface area (Å²) in [4.78, 5) is 15.7. The minimum Gasteiger partial charge on any atom is -0.478 e. The standard InChI is InChI=1S/C15H24N2O3/c1-14(2,3)11-7-10(13(18)19)8-12(17-11)16-9-15(4,5)20-6/h7-8H,9H2,1-6H3,(H,16,17)(H,18,19). The Labute approximate surface area is 120 Å². The van der Waals surface area contributed by atoms with Gasteiger partial charge in [0.1, 0.15) is 5.82 Å². The molecule has 1 aromatic rings. The van der Waals surface area contributed by atoms with Gasteiger partial charge in [-0.1, -0.05) is 20.8 Å². The van der Waals surface area contributed by atoms with Crippen molar-refractivity contribution in [2.75, 3.05) is 19.0 Å². The van der Waals surface area contributed by atoms with Crippen molar-refractivity contribution >= 4 is 11.8 Å². The molecule has 0 spiro atoms. The van der Waals surface area contributed by atoms with Gasteiger partial charge in [-0.05, 0) is 26.0 Å². The van der Waals surface area contributed by atoms with Crippen molar-refractivity contribution in [1.29, 1.82) is 0 Å². The molecule has 0 saturated heterocycles. The second-order valence-electron chi connectivity index (χ2n) is 6.50. The lowest BCUT2D eigenvalue weighted by atomic mass is 9.90. The molecule has 5 heteroatoms. The molecular formula is C15H24N2O3. The number of ether oxygens (including phenoxy) is 1. The first-order valence-corrected chi connectivity index (χ1v) is 6.60. The molecule has 112 valence electrons. The number of carboxylic acid groups (broad SMARTS) is 1. The fraction of sp³-hybridized carbons (Fsp3) is 0.600. The van der Waals surface area contributed by atoms with Gasteiger partial charge in [-0.15, -0.1) is 0 Å². The third-order valence-electron chi connectivity index (χ3n) is 3.09. The quantitative estimate of drug-likeness (QED) is 0.867. The number of aromatic nitrogens is 1. The number of rotatable bonds is 5. The number of nitrogens with one attached hydrogen (secondary N) is 1. The highest BCUT2D eigenvalue weighted by atomic mass is 16.5. The van der Waals surface area contributed by atoms with E-state index in [1.807, 2.05) is 34.6 Å². The topological polar surface area (TPSA) is 71.5 Å². The maximum Gasteiger partial charge on any atom is 0.335 e. The molecule has 1 rings (SSSR count). The minimum atomic E-state index is -0.952. The molecule has 0 amide bonds. The monoisotopic (exact) mass is 280 g/mol. The van der Waals surface area contributed by atoms with Crippen LogP contribution in [0.15, 0.2) is 12.1 Å². The highest BCUT2D eigenvalue weighted by Crippen LogP contribution is 2.23. The molecule has 1 heterocycles. The fourth-order valence-electron chi connectivity index (χ4n) is 1.50. The van der Waals surface area contributed by atoms with Crippen molar-refractivity contribution in [3.8, 4) is 0 Å². The van der Waals surface area contributed by atoms with Crippen LogP contribution in [0.3, 0.4) is 0 Å². The molecule has 0 aliphatic heterocycles. The van der Waals surface area contributed by atoms with Crippen molar-refractivity contribution in [1.82, 2.24) is 4.98 Å². The highest BCUT2D eigenvalue weighted by Gasteiger charge is 2.20. The normalized spacial score (nSPS) is 12.3. The van der Waals surface area contributed by atoms with Crippen LogP contribution >= 0.6 is 0 Å². The minimum absolute atomic E-state index is 0.210. The molecule has 0 aliphatic rings. The molecule has 0 bridgehead atoms. The van der Waals surface area contributed by atoms with Crippen molar-refractivity contribution in [3.63, 3.8) is 0 Å². The van der Waals surface area contributed by atoms with Gasteiger partial charge < -0.3 is 15.2 Å². The van der Waals surface area contributed by atoms with Gasteiger partial charge in [-0.2, -0.15) is 0 Å². The molecule has 0 atom stereocenters. The first-order chi connectivity index (χ1) is 9.05. The summed E-state index contributed by atoms with van der Waals surface area (Å²) in [5.74, 6) is -0.396. The summed E-state index contributed by atoms with van der Waals surface area (Å²) < 4.78 is 5.33. The molecule has 0 aliphatic carbocycles. The van der Waals surface area contributed by atoms with E-state index >= 15 is 0 Å². The van der Waals surface area contributed by atoms with Crippen LogP contribution in [-0.2, 0) is 10.2 Å². The highest BCUT2D eigenvalue weighted by molar-refractivity contribution is 5.88. The van der Waals surface area contributed by atoms with Crippen molar-refractivity contribution in [3.05, 3.63) is 23.4 Å². The first-order valence-electron chi connectivity index (χ1n) is 6.60. The van der Waals surface area contributed by atoms with Crippen LogP contribution in [0.1, 0.15) is 50.7 Å². The zero-order valence-corrected chi connectivity index (χ0v) is 13.1. The van der Waals surface area contributed by atoms with E-state index in [-0.39, 0.29) is 16.6 Å². The molecule has 0 unspecified atom stereocenters. The number of anilines is 1. The summed E-state index contributed by atoms with van der Waals surface area (Å²) in [5.41, 5.74) is 0.430. The molecular weight excluding hydrogens is 256 g/mol. The van der Waals surface area contributed by atoms with Crippen LogP contribution in [-0.4, -0.2) is 35.3 Å². The van der Waals surface area contributed by atoms with Gasteiger partial charge >= 0.3 is 5.97 Å². The molecule has 20 heavy (non-hydrogen) atoms. The van der Waals surface area contributed by atoms with Crippen LogP contribution in [0.25, 0.3) is 0 Å². The Morgan fingerprint density at radius 2 is 1.90 bits per heavy atom. The number of methoxy groups -OCH3 is 1. The lowest BCUT2D eigenvalue weighted by Gasteiger charge is -2.24. The summed E-state index contributed by atoms with van der Waals surface area (Å²) in [6.07, 6.45) is 0. The van der Waals surface area contributed by atoms with E-state index in [0.717, 1.165) is 5.69 Å². The predicted molar refractivity (Wildman–Crippen MR) is 79.5 cm³/mol. The van der Waals surface area contributed by atoms with E-state index in [0.29, 0.717) is 12.4 Å². The summed E-state index contributed by atoms with van der Waals surface area (Å²) in [6, 6.07) is 3.16. The SMILES string of the molecule is COC(C)(C)CNc1cc(C(=O)O)cc(C(C)(C)C)n1. The lowest BCUT2D eigenvalue weighted by molar-refractivity contribution is 0.0343. The van der Waals surface area contributed by atoms with E-state index in [2.05, 4.69) is 10.3 Å². The molecule has 2 N–H and O–H groups in total. The zero-order chi connectivity index (χ0) is 15.6. The molecule has 5 nitrogen and oxygen atoms in total. The number of hydrogen-bond donors (Lipinski definition) is 2. The molecule has 0 aromatic carbocycles. The fourth-order valence-corrected chi connectivity index (χ4v) is 1.50. The van der Waals surface area contributed by atoms with Crippen molar-refractivity contribution < 1.29 is 14.6 Å². The van der Waals surface area contributed by atoms with Gasteiger partial charge in [-0.3, -0.25) is 0 Å². The van der Waals surface area contributed by atoms with E-state index in [9.17, 15) is 9.90 Å². The van der Waals surface area contributed by atoms with Crippen LogP contribution in [0.4, 0.5) is 5.82 Å². The average Bonchev–Trinajstić information content (AvgIpc) is 2.35. The van der Waals surface area contributed by atoms with Crippen molar-refractivity contribution in [2.45, 2.75) is 45.6 Å².